The molecule has 0 fully saturated rings. The molecule has 0 saturated heterocycles. The number of para-hydroxylation sites is 1. The van der Waals surface area contributed by atoms with Crippen LogP contribution in [0.4, 0.5) is 0 Å². The normalized spacial score (nSPS) is 11.3. The van der Waals surface area contributed by atoms with Crippen molar-refractivity contribution in [2.75, 3.05) is 0 Å². The summed E-state index contributed by atoms with van der Waals surface area (Å²) in [5.74, 6) is 2.95. The van der Waals surface area contributed by atoms with E-state index in [1.165, 1.54) is 17.3 Å². The molecule has 2 aromatic carbocycles. The van der Waals surface area contributed by atoms with E-state index in [1.807, 2.05) is 49.4 Å². The van der Waals surface area contributed by atoms with E-state index < -0.39 is 0 Å². The van der Waals surface area contributed by atoms with Gasteiger partial charge in [0.1, 0.15) is 12.4 Å². The number of aryl methyl sites for hydroxylation is 1. The minimum Gasteiger partial charge on any atom is -0.484 e. The molecule has 2 aromatic heterocycles. The molecule has 7 nitrogen and oxygen atoms in total. The summed E-state index contributed by atoms with van der Waals surface area (Å²) >= 11 is 7.76. The lowest BCUT2D eigenvalue weighted by Crippen LogP contribution is -2.14. The predicted octanol–water partition coefficient (Wildman–Crippen LogP) is 6.52. The third-order valence-corrected chi connectivity index (χ3v) is 6.57. The van der Waals surface area contributed by atoms with Crippen molar-refractivity contribution in [1.82, 2.24) is 25.0 Å². The van der Waals surface area contributed by atoms with Crippen LogP contribution >= 0.6 is 23.4 Å². The fourth-order valence-corrected chi connectivity index (χ4v) is 4.53. The highest BCUT2D eigenvalue weighted by molar-refractivity contribution is 7.98. The van der Waals surface area contributed by atoms with E-state index in [0.717, 1.165) is 29.4 Å². The third kappa shape index (κ3) is 5.57. The monoisotopic (exact) mass is 483 g/mol. The average molecular weight is 484 g/mol. The van der Waals surface area contributed by atoms with E-state index >= 15 is 0 Å². The number of rotatable bonds is 10. The molecule has 0 aliphatic carbocycles. The van der Waals surface area contributed by atoms with Crippen LogP contribution in [0.5, 0.6) is 5.75 Å². The lowest BCUT2D eigenvalue weighted by Gasteiger charge is -2.19. The summed E-state index contributed by atoms with van der Waals surface area (Å²) in [6.45, 7) is 6.65. The van der Waals surface area contributed by atoms with Gasteiger partial charge in [0.25, 0.3) is 0 Å². The molecule has 0 radical (unpaired) electrons. The number of thioether (sulfide) groups is 1. The SMILES string of the molecule is CCC(CC)n1c(COc2ccccc2Cl)nnc1SCc1nnc(-c2ccc(C)cc2)o1. The number of aromatic nitrogens is 5. The van der Waals surface area contributed by atoms with E-state index in [2.05, 4.69) is 38.8 Å². The maximum Gasteiger partial charge on any atom is 0.247 e. The summed E-state index contributed by atoms with van der Waals surface area (Å²) in [6.07, 6.45) is 1.92. The Hall–Kier alpha value is -2.84. The number of ether oxygens (including phenoxy) is 1. The zero-order chi connectivity index (χ0) is 23.2. The molecule has 172 valence electrons. The minimum absolute atomic E-state index is 0.262. The maximum absolute atomic E-state index is 6.23. The summed E-state index contributed by atoms with van der Waals surface area (Å²) in [4.78, 5) is 0. The first-order chi connectivity index (χ1) is 16.1. The van der Waals surface area contributed by atoms with Crippen LogP contribution in [0.25, 0.3) is 11.5 Å². The van der Waals surface area contributed by atoms with Gasteiger partial charge in [0.05, 0.1) is 10.8 Å². The molecular formula is C24H26ClN5O2S. The van der Waals surface area contributed by atoms with Gasteiger partial charge >= 0.3 is 0 Å². The summed E-state index contributed by atoms with van der Waals surface area (Å²) in [6, 6.07) is 15.7. The first-order valence-corrected chi connectivity index (χ1v) is 12.3. The highest BCUT2D eigenvalue weighted by Crippen LogP contribution is 2.30. The number of nitrogens with zero attached hydrogens (tertiary/aromatic N) is 5. The zero-order valence-corrected chi connectivity index (χ0v) is 20.4. The van der Waals surface area contributed by atoms with Gasteiger partial charge in [-0.3, -0.25) is 0 Å². The van der Waals surface area contributed by atoms with Crippen molar-refractivity contribution in [3.05, 3.63) is 70.8 Å². The van der Waals surface area contributed by atoms with Crippen LogP contribution in [0, 0.1) is 6.92 Å². The van der Waals surface area contributed by atoms with Crippen molar-refractivity contribution in [3.63, 3.8) is 0 Å². The van der Waals surface area contributed by atoms with Crippen molar-refractivity contribution in [2.45, 2.75) is 57.2 Å². The Kier molecular flexibility index (Phi) is 7.67. The summed E-state index contributed by atoms with van der Waals surface area (Å²) < 4.78 is 14.0. The molecule has 4 rings (SSSR count). The predicted molar refractivity (Wildman–Crippen MR) is 129 cm³/mol. The molecular weight excluding hydrogens is 458 g/mol. The van der Waals surface area contributed by atoms with E-state index in [0.29, 0.717) is 28.3 Å². The van der Waals surface area contributed by atoms with E-state index in [1.54, 1.807) is 6.07 Å². The van der Waals surface area contributed by atoms with Crippen LogP contribution in [0.15, 0.2) is 58.1 Å². The van der Waals surface area contributed by atoms with Gasteiger partial charge in [-0.25, -0.2) is 0 Å². The number of hydrogen-bond acceptors (Lipinski definition) is 7. The van der Waals surface area contributed by atoms with Crippen molar-refractivity contribution in [1.29, 1.82) is 0 Å². The zero-order valence-electron chi connectivity index (χ0n) is 18.9. The van der Waals surface area contributed by atoms with Crippen molar-refractivity contribution >= 4 is 23.4 Å². The highest BCUT2D eigenvalue weighted by atomic mass is 35.5. The minimum atomic E-state index is 0.262. The molecule has 9 heteroatoms. The molecule has 4 aromatic rings. The Morgan fingerprint density at radius 3 is 2.48 bits per heavy atom. The van der Waals surface area contributed by atoms with E-state index in [-0.39, 0.29) is 12.6 Å². The third-order valence-electron chi connectivity index (χ3n) is 5.33. The Bertz CT molecular complexity index is 1190. The lowest BCUT2D eigenvalue weighted by atomic mass is 10.1. The number of hydrogen-bond donors (Lipinski definition) is 0. The summed E-state index contributed by atoms with van der Waals surface area (Å²) in [5.41, 5.74) is 2.09. The van der Waals surface area contributed by atoms with Crippen LogP contribution < -0.4 is 4.74 Å². The van der Waals surface area contributed by atoms with E-state index in [4.69, 9.17) is 20.8 Å². The maximum atomic E-state index is 6.23. The first-order valence-electron chi connectivity index (χ1n) is 10.9. The van der Waals surface area contributed by atoms with Crippen molar-refractivity contribution < 1.29 is 9.15 Å². The quantitative estimate of drug-likeness (QED) is 0.237. The van der Waals surface area contributed by atoms with Gasteiger partial charge in [-0.05, 0) is 44.0 Å². The number of benzene rings is 2. The lowest BCUT2D eigenvalue weighted by molar-refractivity contribution is 0.278. The smallest absolute Gasteiger partial charge is 0.247 e. The molecule has 0 unspecified atom stereocenters. The van der Waals surface area contributed by atoms with Gasteiger partial charge in [0.2, 0.25) is 11.8 Å². The fraction of sp³-hybridized carbons (Fsp3) is 0.333. The second kappa shape index (κ2) is 10.9. The topological polar surface area (TPSA) is 78.9 Å². The number of halogens is 1. The second-order valence-corrected chi connectivity index (χ2v) is 8.96. The molecule has 2 heterocycles. The Labute approximate surface area is 202 Å². The van der Waals surface area contributed by atoms with Gasteiger partial charge in [-0.2, -0.15) is 0 Å². The van der Waals surface area contributed by atoms with Crippen LogP contribution in [-0.2, 0) is 12.4 Å². The Morgan fingerprint density at radius 2 is 1.76 bits per heavy atom. The summed E-state index contributed by atoms with van der Waals surface area (Å²) in [5, 5.41) is 18.6. The van der Waals surface area contributed by atoms with Crippen LogP contribution in [0.3, 0.4) is 0 Å². The van der Waals surface area contributed by atoms with Gasteiger partial charge in [0, 0.05) is 11.6 Å². The van der Waals surface area contributed by atoms with Gasteiger partial charge in [0.15, 0.2) is 11.0 Å². The fourth-order valence-electron chi connectivity index (χ4n) is 3.48. The largest absolute Gasteiger partial charge is 0.484 e. The van der Waals surface area contributed by atoms with Crippen LogP contribution in [-0.4, -0.2) is 25.0 Å². The Morgan fingerprint density at radius 1 is 1.00 bits per heavy atom. The molecule has 0 bridgehead atoms. The molecule has 0 spiro atoms. The second-order valence-electron chi connectivity index (χ2n) is 7.61. The summed E-state index contributed by atoms with van der Waals surface area (Å²) in [7, 11) is 0. The van der Waals surface area contributed by atoms with Gasteiger partial charge in [-0.15, -0.1) is 20.4 Å². The van der Waals surface area contributed by atoms with E-state index in [9.17, 15) is 0 Å². The highest BCUT2D eigenvalue weighted by Gasteiger charge is 2.20. The first kappa shape index (κ1) is 23.3. The molecule has 0 amide bonds. The molecule has 0 aliphatic rings. The molecule has 33 heavy (non-hydrogen) atoms. The van der Waals surface area contributed by atoms with Crippen LogP contribution in [0.1, 0.15) is 50.0 Å². The van der Waals surface area contributed by atoms with Gasteiger partial charge < -0.3 is 13.7 Å². The molecule has 0 aliphatic heterocycles. The van der Waals surface area contributed by atoms with Gasteiger partial charge in [-0.1, -0.05) is 67.0 Å². The Balaban J connectivity index is 1.49. The average Bonchev–Trinajstić information content (AvgIpc) is 3.46. The standard InChI is InChI=1S/C24H26ClN5O2S/c1-4-18(5-2)30-21(14-31-20-9-7-6-8-19(20)25)26-29-24(30)33-15-22-27-28-23(32-22)17-12-10-16(3)11-13-17/h6-13,18H,4-5,14-15H2,1-3H3. The van der Waals surface area contributed by atoms with Crippen LogP contribution in [0.2, 0.25) is 5.02 Å². The molecule has 0 saturated carbocycles. The molecule has 0 atom stereocenters. The molecule has 0 N–H and O–H groups in total. The van der Waals surface area contributed by atoms with Crippen molar-refractivity contribution in [2.24, 2.45) is 0 Å². The van der Waals surface area contributed by atoms with Crippen molar-refractivity contribution in [3.8, 4) is 17.2 Å².